The SMILES string of the molecule is COC(=O)C1CCCc2nn(Cc3nc4ccccc4n3C)c(=O)n21. The molecule has 8 heteroatoms. The van der Waals surface area contributed by atoms with Gasteiger partial charge in [-0.2, -0.15) is 5.10 Å². The van der Waals surface area contributed by atoms with Crippen molar-refractivity contribution in [2.24, 2.45) is 7.05 Å². The van der Waals surface area contributed by atoms with Crippen molar-refractivity contribution in [3.05, 3.63) is 46.4 Å². The Morgan fingerprint density at radius 3 is 2.92 bits per heavy atom. The van der Waals surface area contributed by atoms with Crippen LogP contribution in [-0.2, 0) is 29.5 Å². The highest BCUT2D eigenvalue weighted by molar-refractivity contribution is 5.75. The van der Waals surface area contributed by atoms with E-state index in [2.05, 4.69) is 10.1 Å². The van der Waals surface area contributed by atoms with E-state index in [0.29, 0.717) is 18.7 Å². The lowest BCUT2D eigenvalue weighted by atomic mass is 10.1. The fourth-order valence-electron chi connectivity index (χ4n) is 3.46. The van der Waals surface area contributed by atoms with Crippen LogP contribution >= 0.6 is 0 Å². The Labute approximate surface area is 143 Å². The van der Waals surface area contributed by atoms with Gasteiger partial charge in [-0.25, -0.2) is 19.3 Å². The number of carbonyl (C=O) groups excluding carboxylic acids is 1. The molecule has 3 aromatic rings. The second-order valence-corrected chi connectivity index (χ2v) is 6.23. The van der Waals surface area contributed by atoms with Gasteiger partial charge >= 0.3 is 11.7 Å². The summed E-state index contributed by atoms with van der Waals surface area (Å²) in [5.74, 6) is 0.976. The number of ether oxygens (including phenoxy) is 1. The number of methoxy groups -OCH3 is 1. The first-order valence-corrected chi connectivity index (χ1v) is 8.26. The van der Waals surface area contributed by atoms with Gasteiger partial charge in [0, 0.05) is 13.5 Å². The number of hydrogen-bond donors (Lipinski definition) is 0. The molecule has 0 amide bonds. The predicted molar refractivity (Wildman–Crippen MR) is 90.3 cm³/mol. The van der Waals surface area contributed by atoms with Crippen molar-refractivity contribution in [1.29, 1.82) is 0 Å². The molecule has 2 aromatic heterocycles. The van der Waals surface area contributed by atoms with E-state index in [1.165, 1.54) is 16.4 Å². The summed E-state index contributed by atoms with van der Waals surface area (Å²) in [5, 5.41) is 4.43. The summed E-state index contributed by atoms with van der Waals surface area (Å²) in [5.41, 5.74) is 1.59. The molecular weight excluding hydrogens is 322 g/mol. The second kappa shape index (κ2) is 5.87. The Balaban J connectivity index is 1.75. The molecule has 1 aromatic carbocycles. The van der Waals surface area contributed by atoms with Crippen LogP contribution in [0.1, 0.15) is 30.5 Å². The smallest absolute Gasteiger partial charge is 0.347 e. The van der Waals surface area contributed by atoms with Crippen molar-refractivity contribution < 1.29 is 9.53 Å². The monoisotopic (exact) mass is 341 g/mol. The number of nitrogens with zero attached hydrogens (tertiary/aromatic N) is 5. The first-order chi connectivity index (χ1) is 12.1. The number of carbonyl (C=O) groups is 1. The van der Waals surface area contributed by atoms with Crippen LogP contribution < -0.4 is 5.69 Å². The molecule has 0 spiro atoms. The first-order valence-electron chi connectivity index (χ1n) is 8.26. The van der Waals surface area contributed by atoms with Crippen molar-refractivity contribution in [3.8, 4) is 0 Å². The number of rotatable bonds is 3. The average Bonchev–Trinajstić information content (AvgIpc) is 3.12. The van der Waals surface area contributed by atoms with E-state index in [1.807, 2.05) is 35.9 Å². The lowest BCUT2D eigenvalue weighted by Crippen LogP contribution is -2.35. The van der Waals surface area contributed by atoms with Crippen LogP contribution in [0.4, 0.5) is 0 Å². The van der Waals surface area contributed by atoms with E-state index in [9.17, 15) is 9.59 Å². The summed E-state index contributed by atoms with van der Waals surface area (Å²) in [6, 6.07) is 7.22. The van der Waals surface area contributed by atoms with E-state index in [-0.39, 0.29) is 12.2 Å². The van der Waals surface area contributed by atoms with Crippen LogP contribution in [0.3, 0.4) is 0 Å². The number of aromatic nitrogens is 5. The van der Waals surface area contributed by atoms with Gasteiger partial charge in [-0.15, -0.1) is 0 Å². The predicted octanol–water partition coefficient (Wildman–Crippen LogP) is 1.03. The van der Waals surface area contributed by atoms with Crippen LogP contribution in [0, 0.1) is 0 Å². The maximum absolute atomic E-state index is 12.8. The topological polar surface area (TPSA) is 83.9 Å². The third-order valence-electron chi connectivity index (χ3n) is 4.77. The zero-order chi connectivity index (χ0) is 17.6. The van der Waals surface area contributed by atoms with Crippen molar-refractivity contribution >= 4 is 17.0 Å². The molecule has 25 heavy (non-hydrogen) atoms. The third kappa shape index (κ3) is 2.45. The van der Waals surface area contributed by atoms with E-state index >= 15 is 0 Å². The van der Waals surface area contributed by atoms with Gasteiger partial charge < -0.3 is 9.30 Å². The van der Waals surface area contributed by atoms with Crippen LogP contribution in [0.15, 0.2) is 29.1 Å². The van der Waals surface area contributed by atoms with Crippen LogP contribution in [0.2, 0.25) is 0 Å². The minimum atomic E-state index is -0.588. The summed E-state index contributed by atoms with van der Waals surface area (Å²) in [4.78, 5) is 29.4. The maximum Gasteiger partial charge on any atom is 0.347 e. The summed E-state index contributed by atoms with van der Waals surface area (Å²) in [6.45, 7) is 0.262. The van der Waals surface area contributed by atoms with E-state index < -0.39 is 12.0 Å². The van der Waals surface area contributed by atoms with Gasteiger partial charge in [-0.3, -0.25) is 4.57 Å². The van der Waals surface area contributed by atoms with E-state index in [1.54, 1.807) is 0 Å². The molecule has 0 N–H and O–H groups in total. The number of hydrogen-bond acceptors (Lipinski definition) is 5. The Morgan fingerprint density at radius 1 is 1.36 bits per heavy atom. The number of fused-ring (bicyclic) bond motifs is 2. The molecule has 0 radical (unpaired) electrons. The van der Waals surface area contributed by atoms with Crippen LogP contribution in [-0.4, -0.2) is 37.0 Å². The van der Waals surface area contributed by atoms with E-state index in [4.69, 9.17) is 4.74 Å². The quantitative estimate of drug-likeness (QED) is 0.665. The van der Waals surface area contributed by atoms with Gasteiger partial charge in [-0.1, -0.05) is 12.1 Å². The minimum Gasteiger partial charge on any atom is -0.467 e. The number of para-hydroxylation sites is 2. The Morgan fingerprint density at radius 2 is 2.16 bits per heavy atom. The van der Waals surface area contributed by atoms with Crippen molar-refractivity contribution in [2.75, 3.05) is 7.11 Å². The zero-order valence-electron chi connectivity index (χ0n) is 14.2. The van der Waals surface area contributed by atoms with Crippen LogP contribution in [0.5, 0.6) is 0 Å². The standard InChI is InChI=1S/C17H19N5O3/c1-20-12-7-4-3-6-11(12)18-15(20)10-21-17(24)22-13(16(23)25-2)8-5-9-14(22)19-21/h3-4,6-7,13H,5,8-10H2,1-2H3. The third-order valence-corrected chi connectivity index (χ3v) is 4.77. The van der Waals surface area contributed by atoms with Crippen molar-refractivity contribution in [1.82, 2.24) is 23.9 Å². The lowest BCUT2D eigenvalue weighted by molar-refractivity contribution is -0.145. The van der Waals surface area contributed by atoms with Gasteiger partial charge in [0.25, 0.3) is 0 Å². The molecule has 1 atom stereocenters. The molecule has 0 aliphatic carbocycles. The van der Waals surface area contributed by atoms with Crippen LogP contribution in [0.25, 0.3) is 11.0 Å². The fourth-order valence-corrected chi connectivity index (χ4v) is 3.46. The lowest BCUT2D eigenvalue weighted by Gasteiger charge is -2.20. The van der Waals surface area contributed by atoms with Gasteiger partial charge in [0.1, 0.15) is 24.2 Å². The average molecular weight is 341 g/mol. The highest BCUT2D eigenvalue weighted by atomic mass is 16.5. The zero-order valence-corrected chi connectivity index (χ0v) is 14.2. The molecule has 0 saturated carbocycles. The molecular formula is C17H19N5O3. The molecule has 130 valence electrons. The van der Waals surface area contributed by atoms with E-state index in [0.717, 1.165) is 23.3 Å². The molecule has 1 aliphatic heterocycles. The number of esters is 1. The van der Waals surface area contributed by atoms with Gasteiger partial charge in [0.15, 0.2) is 0 Å². The van der Waals surface area contributed by atoms with Gasteiger partial charge in [0.2, 0.25) is 0 Å². The molecule has 0 fully saturated rings. The van der Waals surface area contributed by atoms with Crippen molar-refractivity contribution in [3.63, 3.8) is 0 Å². The molecule has 0 saturated heterocycles. The molecule has 0 bridgehead atoms. The van der Waals surface area contributed by atoms with Gasteiger partial charge in [0.05, 0.1) is 18.1 Å². The molecule has 1 unspecified atom stereocenters. The Bertz CT molecular complexity index is 1010. The molecule has 3 heterocycles. The fraction of sp³-hybridized carbons (Fsp3) is 0.412. The van der Waals surface area contributed by atoms with Gasteiger partial charge in [-0.05, 0) is 25.0 Å². The largest absolute Gasteiger partial charge is 0.467 e. The summed E-state index contributed by atoms with van der Waals surface area (Å²) in [7, 11) is 3.26. The Kier molecular flexibility index (Phi) is 3.67. The van der Waals surface area contributed by atoms with Crippen molar-refractivity contribution in [2.45, 2.75) is 31.8 Å². The normalized spacial score (nSPS) is 16.8. The first kappa shape index (κ1) is 15.6. The number of aryl methyl sites for hydroxylation is 2. The Hall–Kier alpha value is -2.90. The summed E-state index contributed by atoms with van der Waals surface area (Å²) < 4.78 is 9.65. The number of benzene rings is 1. The molecule has 4 rings (SSSR count). The highest BCUT2D eigenvalue weighted by Gasteiger charge is 2.31. The summed E-state index contributed by atoms with van der Waals surface area (Å²) in [6.07, 6.45) is 2.08. The highest BCUT2D eigenvalue weighted by Crippen LogP contribution is 2.23. The molecule has 8 nitrogen and oxygen atoms in total. The summed E-state index contributed by atoms with van der Waals surface area (Å²) >= 11 is 0. The molecule has 1 aliphatic rings. The maximum atomic E-state index is 12.8. The second-order valence-electron chi connectivity index (χ2n) is 6.23. The minimum absolute atomic E-state index is 0.262. The number of imidazole rings is 1.